The van der Waals surface area contributed by atoms with Crippen LogP contribution in [0.25, 0.3) is 16.9 Å². The minimum atomic E-state index is -3.83. The lowest BCUT2D eigenvalue weighted by atomic mass is 10.1. The Kier molecular flexibility index (Phi) is 6.80. The first-order chi connectivity index (χ1) is 16.4. The van der Waals surface area contributed by atoms with Crippen LogP contribution in [0.3, 0.4) is 0 Å². The van der Waals surface area contributed by atoms with Gasteiger partial charge >= 0.3 is 0 Å². The van der Waals surface area contributed by atoms with Crippen molar-refractivity contribution in [3.05, 3.63) is 95.6 Å². The smallest absolute Gasteiger partial charge is 0.263 e. The summed E-state index contributed by atoms with van der Waals surface area (Å²) in [6, 6.07) is 25.5. The number of para-hydroxylation sites is 1. The molecular formula is C27H26N4O2S. The number of sulfonamides is 1. The first-order valence-electron chi connectivity index (χ1n) is 11.2. The zero-order valence-corrected chi connectivity index (χ0v) is 20.0. The fourth-order valence-corrected chi connectivity index (χ4v) is 4.74. The molecule has 0 amide bonds. The van der Waals surface area contributed by atoms with E-state index >= 15 is 0 Å². The summed E-state index contributed by atoms with van der Waals surface area (Å²) in [6.07, 6.45) is 3.09. The third kappa shape index (κ3) is 5.03. The number of aromatic nitrogens is 2. The van der Waals surface area contributed by atoms with Crippen LogP contribution < -0.4 is 4.72 Å². The Hall–Kier alpha value is -3.89. The topological polar surface area (TPSA) is 87.8 Å². The third-order valence-corrected chi connectivity index (χ3v) is 7.02. The van der Waals surface area contributed by atoms with Crippen LogP contribution in [-0.4, -0.2) is 18.2 Å². The van der Waals surface area contributed by atoms with E-state index in [0.29, 0.717) is 17.1 Å². The number of aryl methyl sites for hydroxylation is 2. The van der Waals surface area contributed by atoms with Crippen molar-refractivity contribution >= 4 is 15.8 Å². The molecule has 0 atom stereocenters. The van der Waals surface area contributed by atoms with Crippen molar-refractivity contribution in [1.82, 2.24) is 9.78 Å². The van der Waals surface area contributed by atoms with E-state index in [2.05, 4.69) is 17.7 Å². The van der Waals surface area contributed by atoms with Crippen LogP contribution in [-0.2, 0) is 16.4 Å². The van der Waals surface area contributed by atoms with Gasteiger partial charge in [-0.3, -0.25) is 4.72 Å². The van der Waals surface area contributed by atoms with Gasteiger partial charge in [0.25, 0.3) is 10.0 Å². The van der Waals surface area contributed by atoms with Crippen molar-refractivity contribution in [3.63, 3.8) is 0 Å². The molecule has 0 aliphatic rings. The number of hydrogen-bond donors (Lipinski definition) is 1. The molecule has 0 aliphatic carbocycles. The Morgan fingerprint density at radius 1 is 1.00 bits per heavy atom. The molecule has 0 saturated carbocycles. The Balaban J connectivity index is 1.73. The summed E-state index contributed by atoms with van der Waals surface area (Å²) in [5.41, 5.74) is 4.78. The Bertz CT molecular complexity index is 1430. The van der Waals surface area contributed by atoms with Crippen molar-refractivity contribution in [2.45, 2.75) is 38.0 Å². The highest BCUT2D eigenvalue weighted by molar-refractivity contribution is 7.92. The molecule has 1 N–H and O–H groups in total. The normalized spacial score (nSPS) is 11.2. The summed E-state index contributed by atoms with van der Waals surface area (Å²) < 4.78 is 30.8. The van der Waals surface area contributed by atoms with Gasteiger partial charge in [0, 0.05) is 11.6 Å². The first kappa shape index (κ1) is 23.3. The van der Waals surface area contributed by atoms with Gasteiger partial charge in [-0.25, -0.2) is 13.1 Å². The Labute approximate surface area is 200 Å². The second-order valence-corrected chi connectivity index (χ2v) is 9.84. The summed E-state index contributed by atoms with van der Waals surface area (Å²) in [5.74, 6) is 0.337. The predicted molar refractivity (Wildman–Crippen MR) is 134 cm³/mol. The maximum atomic E-state index is 13.2. The molecule has 0 aliphatic heterocycles. The highest BCUT2D eigenvalue weighted by Crippen LogP contribution is 2.28. The highest BCUT2D eigenvalue weighted by atomic mass is 32.2. The van der Waals surface area contributed by atoms with Crippen molar-refractivity contribution in [3.8, 4) is 23.0 Å². The average molecular weight is 471 g/mol. The largest absolute Gasteiger partial charge is 0.263 e. The molecule has 0 fully saturated rings. The molecule has 3 aromatic carbocycles. The maximum Gasteiger partial charge on any atom is 0.263 e. The molecule has 0 unspecified atom stereocenters. The van der Waals surface area contributed by atoms with E-state index in [1.807, 2.05) is 43.3 Å². The molecule has 1 aromatic heterocycles. The predicted octanol–water partition coefficient (Wildman–Crippen LogP) is 5.86. The minimum absolute atomic E-state index is 0.199. The number of nitrogens with one attached hydrogen (secondary N) is 1. The molecular weight excluding hydrogens is 444 g/mol. The van der Waals surface area contributed by atoms with E-state index < -0.39 is 10.0 Å². The number of anilines is 1. The molecule has 0 radical (unpaired) electrons. The standard InChI is InChI=1S/C27H26N4O2S/c1-3-4-8-21-12-16-24(17-13-21)34(32,33)30-27-18-25(23-14-10-22(19-28)11-15-23)29-31(27)26-9-6-5-7-20(26)2/h5-7,9-18,30H,3-4,8H2,1-2H3. The SMILES string of the molecule is CCCCc1ccc(S(=O)(=O)Nc2cc(-c3ccc(C#N)cc3)nn2-c2ccccc2C)cc1. The number of benzene rings is 3. The van der Waals surface area contributed by atoms with Crippen LogP contribution in [0.2, 0.25) is 0 Å². The summed E-state index contributed by atoms with van der Waals surface area (Å²) in [6.45, 7) is 4.08. The van der Waals surface area contributed by atoms with Gasteiger partial charge < -0.3 is 0 Å². The monoisotopic (exact) mass is 470 g/mol. The fraction of sp³-hybridized carbons (Fsp3) is 0.185. The first-order valence-corrected chi connectivity index (χ1v) is 12.7. The number of hydrogen-bond acceptors (Lipinski definition) is 4. The number of nitrogens with zero attached hydrogens (tertiary/aromatic N) is 3. The van der Waals surface area contributed by atoms with Crippen LogP contribution in [0.1, 0.15) is 36.5 Å². The van der Waals surface area contributed by atoms with Crippen LogP contribution >= 0.6 is 0 Å². The van der Waals surface area contributed by atoms with Gasteiger partial charge in [-0.15, -0.1) is 0 Å². The molecule has 0 saturated heterocycles. The van der Waals surface area contributed by atoms with Gasteiger partial charge in [-0.1, -0.05) is 55.8 Å². The summed E-state index contributed by atoms with van der Waals surface area (Å²) >= 11 is 0. The lowest BCUT2D eigenvalue weighted by Gasteiger charge is -2.12. The third-order valence-electron chi connectivity index (χ3n) is 5.65. The van der Waals surface area contributed by atoms with Gasteiger partial charge in [0.15, 0.2) is 0 Å². The van der Waals surface area contributed by atoms with E-state index in [1.165, 1.54) is 0 Å². The van der Waals surface area contributed by atoms with Crippen LogP contribution in [0.15, 0.2) is 83.8 Å². The molecule has 0 spiro atoms. The van der Waals surface area contributed by atoms with E-state index in [1.54, 1.807) is 47.1 Å². The maximum absolute atomic E-state index is 13.2. The zero-order valence-electron chi connectivity index (χ0n) is 19.2. The number of nitriles is 1. The van der Waals surface area contributed by atoms with Crippen LogP contribution in [0.4, 0.5) is 5.82 Å². The van der Waals surface area contributed by atoms with Gasteiger partial charge in [0.2, 0.25) is 0 Å². The van der Waals surface area contributed by atoms with Gasteiger partial charge in [-0.2, -0.15) is 10.4 Å². The highest BCUT2D eigenvalue weighted by Gasteiger charge is 2.20. The summed E-state index contributed by atoms with van der Waals surface area (Å²) in [5, 5.41) is 13.8. The Morgan fingerprint density at radius 3 is 2.35 bits per heavy atom. The van der Waals surface area contributed by atoms with Crippen molar-refractivity contribution in [2.24, 2.45) is 0 Å². The van der Waals surface area contributed by atoms with Crippen molar-refractivity contribution in [2.75, 3.05) is 4.72 Å². The van der Waals surface area contributed by atoms with E-state index in [0.717, 1.165) is 41.6 Å². The molecule has 34 heavy (non-hydrogen) atoms. The second kappa shape index (κ2) is 9.94. The van der Waals surface area contributed by atoms with E-state index in [9.17, 15) is 8.42 Å². The van der Waals surface area contributed by atoms with E-state index in [-0.39, 0.29) is 4.90 Å². The molecule has 6 nitrogen and oxygen atoms in total. The lowest BCUT2D eigenvalue weighted by Crippen LogP contribution is -2.16. The zero-order chi connectivity index (χ0) is 24.1. The van der Waals surface area contributed by atoms with Crippen LogP contribution in [0.5, 0.6) is 0 Å². The van der Waals surface area contributed by atoms with Crippen LogP contribution in [0, 0.1) is 18.3 Å². The van der Waals surface area contributed by atoms with Gasteiger partial charge in [-0.05, 0) is 61.2 Å². The molecule has 7 heteroatoms. The molecule has 4 rings (SSSR count). The fourth-order valence-electron chi connectivity index (χ4n) is 3.71. The second-order valence-electron chi connectivity index (χ2n) is 8.16. The number of rotatable bonds is 8. The summed E-state index contributed by atoms with van der Waals surface area (Å²) in [7, 11) is -3.83. The lowest BCUT2D eigenvalue weighted by molar-refractivity contribution is 0.600. The molecule has 4 aromatic rings. The molecule has 172 valence electrons. The Morgan fingerprint density at radius 2 is 1.71 bits per heavy atom. The number of unbranched alkanes of at least 4 members (excludes halogenated alkanes) is 1. The average Bonchev–Trinajstić information content (AvgIpc) is 3.26. The van der Waals surface area contributed by atoms with Gasteiger partial charge in [0.05, 0.1) is 27.9 Å². The summed E-state index contributed by atoms with van der Waals surface area (Å²) in [4.78, 5) is 0.199. The minimum Gasteiger partial charge on any atom is -0.263 e. The van der Waals surface area contributed by atoms with E-state index in [4.69, 9.17) is 10.4 Å². The van der Waals surface area contributed by atoms with Crippen molar-refractivity contribution < 1.29 is 8.42 Å². The van der Waals surface area contributed by atoms with Crippen molar-refractivity contribution in [1.29, 1.82) is 5.26 Å². The molecule has 0 bridgehead atoms. The quantitative estimate of drug-likeness (QED) is 0.349. The van der Waals surface area contributed by atoms with Gasteiger partial charge in [0.1, 0.15) is 5.82 Å². The molecule has 1 heterocycles.